The van der Waals surface area contributed by atoms with Crippen LogP contribution in [0.5, 0.6) is 0 Å². The number of imide groups is 1. The molecule has 0 spiro atoms. The molecular formula is C29H25F2N4O3+. The highest BCUT2D eigenvalue weighted by Gasteiger charge is 2.47. The van der Waals surface area contributed by atoms with Gasteiger partial charge < -0.3 is 0 Å². The maximum Gasteiger partial charge on any atom is 0.327 e. The molecule has 3 heterocycles. The van der Waals surface area contributed by atoms with Crippen molar-refractivity contribution in [3.63, 3.8) is 0 Å². The Labute approximate surface area is 217 Å². The standard InChI is InChI=1S/C29H24F2N4O3/c1-3-5-23-24(28(37)35(32-23)22-13-11-21(31)12-14-22)25-26(33-15-4-6-18(2)16-33)29(38)34(27(25)36)17-19-7-9-20(30)10-8-19/h4,6-16H,3,5,17H2,1-2H3/p+1. The summed E-state index contributed by atoms with van der Waals surface area (Å²) in [7, 11) is 0. The lowest BCUT2D eigenvalue weighted by atomic mass is 10.0. The number of carbonyl (C=O) groups excluding carboxylic acids is 2. The molecule has 0 radical (unpaired) electrons. The molecule has 2 aromatic heterocycles. The van der Waals surface area contributed by atoms with Crippen LogP contribution in [-0.4, -0.2) is 26.5 Å². The number of H-pyrrole nitrogens is 1. The summed E-state index contributed by atoms with van der Waals surface area (Å²) in [6.45, 7) is 3.70. The van der Waals surface area contributed by atoms with Crippen molar-refractivity contribution in [1.29, 1.82) is 0 Å². The molecule has 0 fully saturated rings. The van der Waals surface area contributed by atoms with E-state index in [-0.39, 0.29) is 23.4 Å². The molecule has 2 amide bonds. The van der Waals surface area contributed by atoms with E-state index in [2.05, 4.69) is 5.10 Å². The van der Waals surface area contributed by atoms with Gasteiger partial charge in [-0.3, -0.25) is 24.4 Å². The van der Waals surface area contributed by atoms with E-state index < -0.39 is 29.0 Å². The maximum atomic E-state index is 13.9. The average molecular weight is 516 g/mol. The normalized spacial score (nSPS) is 13.6. The minimum absolute atomic E-state index is 0.0155. The summed E-state index contributed by atoms with van der Waals surface area (Å²) in [6, 6.07) is 14.5. The molecule has 0 atom stereocenters. The molecule has 192 valence electrons. The Morgan fingerprint density at radius 1 is 0.895 bits per heavy atom. The molecule has 1 aliphatic heterocycles. The van der Waals surface area contributed by atoms with E-state index in [4.69, 9.17) is 0 Å². The molecule has 1 aliphatic rings. The lowest BCUT2D eigenvalue weighted by Crippen LogP contribution is -2.39. The van der Waals surface area contributed by atoms with Crippen LogP contribution >= 0.6 is 0 Å². The third-order valence-electron chi connectivity index (χ3n) is 6.40. The van der Waals surface area contributed by atoms with Crippen LogP contribution in [0, 0.1) is 18.6 Å². The number of benzene rings is 2. The number of rotatable bonds is 7. The van der Waals surface area contributed by atoms with Gasteiger partial charge in [-0.1, -0.05) is 25.5 Å². The van der Waals surface area contributed by atoms with Crippen molar-refractivity contribution in [3.05, 3.63) is 117 Å². The number of aromatic amines is 1. The fraction of sp³-hybridized carbons (Fsp3) is 0.172. The van der Waals surface area contributed by atoms with Crippen LogP contribution in [0.2, 0.25) is 0 Å². The minimum Gasteiger partial charge on any atom is -0.294 e. The largest absolute Gasteiger partial charge is 0.327 e. The van der Waals surface area contributed by atoms with Crippen molar-refractivity contribution in [2.45, 2.75) is 33.2 Å². The molecule has 7 nitrogen and oxygen atoms in total. The molecule has 0 saturated heterocycles. The zero-order valence-corrected chi connectivity index (χ0v) is 20.9. The summed E-state index contributed by atoms with van der Waals surface area (Å²) in [4.78, 5) is 42.5. The van der Waals surface area contributed by atoms with Crippen molar-refractivity contribution < 1.29 is 22.9 Å². The lowest BCUT2D eigenvalue weighted by Gasteiger charge is -2.14. The summed E-state index contributed by atoms with van der Waals surface area (Å²) in [5.74, 6) is -2.07. The van der Waals surface area contributed by atoms with E-state index >= 15 is 0 Å². The highest BCUT2D eigenvalue weighted by atomic mass is 19.1. The van der Waals surface area contributed by atoms with Crippen LogP contribution < -0.4 is 10.1 Å². The van der Waals surface area contributed by atoms with Crippen molar-refractivity contribution in [3.8, 4) is 5.69 Å². The predicted octanol–water partition coefficient (Wildman–Crippen LogP) is 3.93. The molecule has 1 N–H and O–H groups in total. The molecule has 0 aliphatic carbocycles. The summed E-state index contributed by atoms with van der Waals surface area (Å²) in [5.41, 5.74) is 1.92. The number of hydrogen-bond acceptors (Lipinski definition) is 3. The smallest absolute Gasteiger partial charge is 0.294 e. The van der Waals surface area contributed by atoms with Gasteiger partial charge in [-0.25, -0.2) is 13.5 Å². The van der Waals surface area contributed by atoms with E-state index in [0.29, 0.717) is 29.8 Å². The summed E-state index contributed by atoms with van der Waals surface area (Å²) in [6.07, 6.45) is 4.47. The number of aryl methyl sites for hydroxylation is 2. The van der Waals surface area contributed by atoms with Crippen molar-refractivity contribution in [2.24, 2.45) is 0 Å². The Morgan fingerprint density at radius 3 is 2.18 bits per heavy atom. The molecule has 0 saturated carbocycles. The molecule has 9 heteroatoms. The van der Waals surface area contributed by atoms with Gasteiger partial charge in [0.2, 0.25) is 0 Å². The predicted molar refractivity (Wildman–Crippen MR) is 137 cm³/mol. The van der Waals surface area contributed by atoms with Gasteiger partial charge in [-0.15, -0.1) is 0 Å². The Hall–Kier alpha value is -4.66. The second-order valence-corrected chi connectivity index (χ2v) is 9.17. The topological polar surface area (TPSA) is 79.1 Å². The van der Waals surface area contributed by atoms with Crippen LogP contribution in [0.3, 0.4) is 0 Å². The second-order valence-electron chi connectivity index (χ2n) is 9.17. The van der Waals surface area contributed by atoms with Gasteiger partial charge in [-0.2, -0.15) is 4.57 Å². The molecule has 0 unspecified atom stereocenters. The number of carbonyl (C=O) groups is 2. The third-order valence-corrected chi connectivity index (χ3v) is 6.40. The Balaban J connectivity index is 1.71. The molecule has 0 bridgehead atoms. The first kappa shape index (κ1) is 25.0. The first-order valence-electron chi connectivity index (χ1n) is 12.2. The van der Waals surface area contributed by atoms with E-state index in [1.807, 2.05) is 19.9 Å². The van der Waals surface area contributed by atoms with Gasteiger partial charge in [0.05, 0.1) is 17.8 Å². The van der Waals surface area contributed by atoms with Crippen LogP contribution in [-0.2, 0) is 22.6 Å². The van der Waals surface area contributed by atoms with E-state index in [9.17, 15) is 23.2 Å². The van der Waals surface area contributed by atoms with E-state index in [1.54, 1.807) is 23.0 Å². The zero-order valence-electron chi connectivity index (χ0n) is 20.9. The molecular weight excluding hydrogens is 490 g/mol. The highest BCUT2D eigenvalue weighted by molar-refractivity contribution is 6.44. The number of aromatic nitrogens is 3. The van der Waals surface area contributed by atoms with E-state index in [1.165, 1.54) is 53.2 Å². The summed E-state index contributed by atoms with van der Waals surface area (Å²) in [5, 5.41) is 3.07. The van der Waals surface area contributed by atoms with Crippen molar-refractivity contribution >= 4 is 23.1 Å². The molecule has 4 aromatic rings. The molecule has 2 aromatic carbocycles. The third kappa shape index (κ3) is 4.47. The number of nitrogens with one attached hydrogen (secondary N) is 1. The molecule has 38 heavy (non-hydrogen) atoms. The lowest BCUT2D eigenvalue weighted by molar-refractivity contribution is -0.577. The van der Waals surface area contributed by atoms with E-state index in [0.717, 1.165) is 10.5 Å². The van der Waals surface area contributed by atoms with Gasteiger partial charge >= 0.3 is 5.91 Å². The van der Waals surface area contributed by atoms with Gasteiger partial charge in [-0.05, 0) is 61.4 Å². The zero-order chi connectivity index (χ0) is 27.0. The highest BCUT2D eigenvalue weighted by Crippen LogP contribution is 2.31. The first-order chi connectivity index (χ1) is 18.3. The molecule has 5 rings (SSSR count). The number of pyridine rings is 1. The van der Waals surface area contributed by atoms with Gasteiger partial charge in [0.25, 0.3) is 17.2 Å². The summed E-state index contributed by atoms with van der Waals surface area (Å²) < 4.78 is 29.8. The number of amides is 2. The fourth-order valence-electron chi connectivity index (χ4n) is 4.62. The van der Waals surface area contributed by atoms with Crippen LogP contribution in [0.25, 0.3) is 17.0 Å². The summed E-state index contributed by atoms with van der Waals surface area (Å²) >= 11 is 0. The number of halogens is 2. The monoisotopic (exact) mass is 515 g/mol. The SMILES string of the molecule is CCCc1[nH]n(-c2ccc(F)cc2)c(=O)c1C1=C([n+]2cccc(C)c2)C(=O)N(Cc2ccc(F)cc2)C1=O. The van der Waals surface area contributed by atoms with Crippen LogP contribution in [0.4, 0.5) is 8.78 Å². The second kappa shape index (κ2) is 10.0. The minimum atomic E-state index is -0.622. The van der Waals surface area contributed by atoms with Crippen molar-refractivity contribution in [1.82, 2.24) is 14.7 Å². The number of nitrogens with zero attached hydrogens (tertiary/aromatic N) is 3. The Bertz CT molecular complexity index is 1630. The van der Waals surface area contributed by atoms with Crippen LogP contribution in [0.15, 0.2) is 77.9 Å². The Kier molecular flexibility index (Phi) is 6.59. The Morgan fingerprint density at radius 2 is 1.55 bits per heavy atom. The first-order valence-corrected chi connectivity index (χ1v) is 12.2. The van der Waals surface area contributed by atoms with Crippen LogP contribution in [0.1, 0.15) is 35.7 Å². The van der Waals surface area contributed by atoms with Gasteiger partial charge in [0.1, 0.15) is 17.2 Å². The maximum absolute atomic E-state index is 13.9. The van der Waals surface area contributed by atoms with Gasteiger partial charge in [0, 0.05) is 17.3 Å². The van der Waals surface area contributed by atoms with Crippen molar-refractivity contribution in [2.75, 3.05) is 0 Å². The quantitative estimate of drug-likeness (QED) is 0.299. The fourth-order valence-corrected chi connectivity index (χ4v) is 4.62. The van der Waals surface area contributed by atoms with Gasteiger partial charge in [0.15, 0.2) is 12.4 Å². The number of hydrogen-bond donors (Lipinski definition) is 1. The average Bonchev–Trinajstić information content (AvgIpc) is 3.33.